The molecule has 0 fully saturated rings. The van der Waals surface area contributed by atoms with E-state index in [4.69, 9.17) is 0 Å². The van der Waals surface area contributed by atoms with Gasteiger partial charge in [-0.1, -0.05) is 30.3 Å². The average molecular weight is 390 g/mol. The zero-order valence-corrected chi connectivity index (χ0v) is 14.9. The summed E-state index contributed by atoms with van der Waals surface area (Å²) < 4.78 is 3.75. The lowest BCUT2D eigenvalue weighted by atomic mass is 10.1. The first kappa shape index (κ1) is 17.8. The molecule has 6 nitrogen and oxygen atoms in total. The van der Waals surface area contributed by atoms with E-state index >= 15 is 0 Å². The normalized spacial score (nSPS) is 10.4. The molecule has 7 heteroatoms. The molecule has 3 aromatic rings. The first-order valence-electron chi connectivity index (χ1n) is 7.20. The molecule has 124 valence electrons. The predicted molar refractivity (Wildman–Crippen MR) is 85.3 cm³/mol. The molecule has 0 aliphatic rings. The van der Waals surface area contributed by atoms with Crippen LogP contribution in [0.3, 0.4) is 0 Å². The van der Waals surface area contributed by atoms with Crippen molar-refractivity contribution in [2.24, 2.45) is 7.05 Å². The van der Waals surface area contributed by atoms with Gasteiger partial charge in [-0.15, -0.1) is 0 Å². The van der Waals surface area contributed by atoms with Gasteiger partial charge in [0, 0.05) is 18.6 Å². The third kappa shape index (κ3) is 3.07. The molecule has 1 heterocycles. The minimum absolute atomic E-state index is 0. The molecule has 0 N–H and O–H groups in total. The monoisotopic (exact) mass is 389 g/mol. The number of aryl methyl sites for hydroxylation is 1. The van der Waals surface area contributed by atoms with Crippen molar-refractivity contribution >= 4 is 22.5 Å². The van der Waals surface area contributed by atoms with E-state index in [1.807, 2.05) is 41.3 Å². The van der Waals surface area contributed by atoms with Gasteiger partial charge in [0.05, 0.1) is 18.0 Å². The Bertz CT molecular complexity index is 920. The molecule has 0 amide bonds. The minimum atomic E-state index is -0.425. The molecule has 0 aliphatic heterocycles. The fourth-order valence-electron chi connectivity index (χ4n) is 2.71. The second kappa shape index (κ2) is 6.92. The van der Waals surface area contributed by atoms with Crippen LogP contribution in [-0.2, 0) is 13.6 Å². The van der Waals surface area contributed by atoms with E-state index in [1.165, 1.54) is 12.1 Å². The molecule has 2 aromatic carbocycles. The SMILES string of the molecule is Cc1n(CC(=O)c2ccccc2)c2cc([N+](=O)[O-])ccc2[n+]1C.[Br-]. The number of aromatic nitrogens is 2. The zero-order valence-electron chi connectivity index (χ0n) is 13.3. The van der Waals surface area contributed by atoms with Crippen LogP contribution in [0.4, 0.5) is 5.69 Å². The van der Waals surface area contributed by atoms with Crippen LogP contribution in [0, 0.1) is 17.0 Å². The number of nitro groups is 1. The van der Waals surface area contributed by atoms with E-state index in [2.05, 4.69) is 0 Å². The Kier molecular flexibility index (Phi) is 5.14. The Morgan fingerprint density at radius 1 is 1.21 bits per heavy atom. The van der Waals surface area contributed by atoms with E-state index in [9.17, 15) is 14.9 Å². The number of ketones is 1. The van der Waals surface area contributed by atoms with Crippen LogP contribution >= 0.6 is 0 Å². The van der Waals surface area contributed by atoms with Gasteiger partial charge < -0.3 is 17.0 Å². The lowest BCUT2D eigenvalue weighted by Gasteiger charge is -2.01. The highest BCUT2D eigenvalue weighted by Gasteiger charge is 2.24. The van der Waals surface area contributed by atoms with Crippen molar-refractivity contribution in [1.82, 2.24) is 4.57 Å². The van der Waals surface area contributed by atoms with Crippen LogP contribution in [0.25, 0.3) is 11.0 Å². The number of imidazole rings is 1. The molecule has 0 atom stereocenters. The third-order valence-electron chi connectivity index (χ3n) is 4.10. The highest BCUT2D eigenvalue weighted by atomic mass is 79.9. The molecule has 0 aliphatic carbocycles. The summed E-state index contributed by atoms with van der Waals surface area (Å²) >= 11 is 0. The summed E-state index contributed by atoms with van der Waals surface area (Å²) in [5.74, 6) is 0.836. The summed E-state index contributed by atoms with van der Waals surface area (Å²) in [5.41, 5.74) is 2.18. The van der Waals surface area contributed by atoms with Crippen LogP contribution in [0.2, 0.25) is 0 Å². The second-order valence-corrected chi connectivity index (χ2v) is 5.41. The first-order chi connectivity index (χ1) is 11.0. The van der Waals surface area contributed by atoms with E-state index in [0.29, 0.717) is 11.1 Å². The molecule has 0 saturated carbocycles. The average Bonchev–Trinajstić information content (AvgIpc) is 2.80. The standard InChI is InChI=1S/C17H16N3O3.BrH/c1-12-18(2)15-9-8-14(20(22)23)10-16(15)19(12)11-17(21)13-6-4-3-5-7-13;/h3-10H,11H2,1-2H3;1H/q+1;/p-1. The number of hydrogen-bond acceptors (Lipinski definition) is 3. The number of carbonyl (C=O) groups is 1. The molecule has 3 rings (SSSR count). The topological polar surface area (TPSA) is 69.0 Å². The number of rotatable bonds is 4. The Hall–Kier alpha value is -2.54. The van der Waals surface area contributed by atoms with Crippen molar-refractivity contribution in [3.05, 3.63) is 70.0 Å². The van der Waals surface area contributed by atoms with Gasteiger partial charge in [-0.3, -0.25) is 14.9 Å². The Labute approximate surface area is 149 Å². The number of benzene rings is 2. The second-order valence-electron chi connectivity index (χ2n) is 5.41. The summed E-state index contributed by atoms with van der Waals surface area (Å²) in [6, 6.07) is 13.7. The molecule has 0 saturated heterocycles. The number of nitrogens with zero attached hydrogens (tertiary/aromatic N) is 3. The molecule has 0 unspecified atom stereocenters. The molecule has 0 radical (unpaired) electrons. The maximum Gasteiger partial charge on any atom is 0.273 e. The van der Waals surface area contributed by atoms with Gasteiger partial charge in [0.2, 0.25) is 5.78 Å². The summed E-state index contributed by atoms with van der Waals surface area (Å²) in [6.07, 6.45) is 0. The van der Waals surface area contributed by atoms with Crippen molar-refractivity contribution in [3.8, 4) is 0 Å². The third-order valence-corrected chi connectivity index (χ3v) is 4.10. The van der Waals surface area contributed by atoms with Crippen LogP contribution in [0.5, 0.6) is 0 Å². The summed E-state index contributed by atoms with van der Waals surface area (Å²) in [4.78, 5) is 23.1. The van der Waals surface area contributed by atoms with Crippen molar-refractivity contribution in [3.63, 3.8) is 0 Å². The number of carbonyl (C=O) groups excluding carboxylic acids is 1. The quantitative estimate of drug-likeness (QED) is 0.263. The van der Waals surface area contributed by atoms with Gasteiger partial charge >= 0.3 is 0 Å². The molecular formula is C17H16BrN3O3. The van der Waals surface area contributed by atoms with Gasteiger partial charge in [0.1, 0.15) is 0 Å². The van der Waals surface area contributed by atoms with E-state index in [1.54, 1.807) is 18.2 Å². The molecule has 0 bridgehead atoms. The maximum absolute atomic E-state index is 12.5. The number of Topliss-reactive ketones (excluding diaryl/α,β-unsaturated/α-hetero) is 1. The largest absolute Gasteiger partial charge is 1.00 e. The lowest BCUT2D eigenvalue weighted by Crippen LogP contribution is -3.00. The smallest absolute Gasteiger partial charge is 0.273 e. The van der Waals surface area contributed by atoms with Crippen molar-refractivity contribution in [1.29, 1.82) is 0 Å². The van der Waals surface area contributed by atoms with Crippen LogP contribution in [0.15, 0.2) is 48.5 Å². The molecule has 1 aromatic heterocycles. The predicted octanol–water partition coefficient (Wildman–Crippen LogP) is -0.431. The van der Waals surface area contributed by atoms with Gasteiger partial charge in [0.15, 0.2) is 17.6 Å². The van der Waals surface area contributed by atoms with E-state index in [0.717, 1.165) is 11.3 Å². The molecule has 24 heavy (non-hydrogen) atoms. The van der Waals surface area contributed by atoms with Crippen molar-refractivity contribution in [2.45, 2.75) is 13.5 Å². The number of hydrogen-bond donors (Lipinski definition) is 0. The highest BCUT2D eigenvalue weighted by Crippen LogP contribution is 2.21. The summed E-state index contributed by atoms with van der Waals surface area (Å²) in [7, 11) is 1.88. The Morgan fingerprint density at radius 2 is 1.88 bits per heavy atom. The number of halogens is 1. The van der Waals surface area contributed by atoms with Gasteiger partial charge in [0.25, 0.3) is 11.5 Å². The van der Waals surface area contributed by atoms with Gasteiger partial charge in [-0.05, 0) is 6.07 Å². The first-order valence-corrected chi connectivity index (χ1v) is 7.20. The lowest BCUT2D eigenvalue weighted by molar-refractivity contribution is -0.652. The molecule has 0 spiro atoms. The fraction of sp³-hybridized carbons (Fsp3) is 0.176. The number of nitro benzene ring substituents is 1. The number of non-ortho nitro benzene ring substituents is 1. The van der Waals surface area contributed by atoms with Crippen LogP contribution < -0.4 is 21.5 Å². The minimum Gasteiger partial charge on any atom is -1.00 e. The van der Waals surface area contributed by atoms with Gasteiger partial charge in [-0.2, -0.15) is 0 Å². The molecular weight excluding hydrogens is 374 g/mol. The van der Waals surface area contributed by atoms with E-state index in [-0.39, 0.29) is 35.0 Å². The zero-order chi connectivity index (χ0) is 16.6. The van der Waals surface area contributed by atoms with Crippen LogP contribution in [0.1, 0.15) is 16.2 Å². The van der Waals surface area contributed by atoms with Crippen molar-refractivity contribution in [2.75, 3.05) is 0 Å². The summed E-state index contributed by atoms with van der Waals surface area (Å²) in [5, 5.41) is 11.0. The van der Waals surface area contributed by atoms with Gasteiger partial charge in [-0.25, -0.2) is 9.13 Å². The van der Waals surface area contributed by atoms with Crippen molar-refractivity contribution < 1.29 is 31.3 Å². The van der Waals surface area contributed by atoms with Crippen LogP contribution in [-0.4, -0.2) is 15.3 Å². The Balaban J connectivity index is 0.00000208. The fourth-order valence-corrected chi connectivity index (χ4v) is 2.71. The van der Waals surface area contributed by atoms with E-state index < -0.39 is 4.92 Å². The highest BCUT2D eigenvalue weighted by molar-refractivity contribution is 5.96. The Morgan fingerprint density at radius 3 is 2.50 bits per heavy atom. The summed E-state index contributed by atoms with van der Waals surface area (Å²) in [6.45, 7) is 2.04. The number of fused-ring (bicyclic) bond motifs is 1. The maximum atomic E-state index is 12.5.